The van der Waals surface area contributed by atoms with Gasteiger partial charge in [0.05, 0.1) is 53.4 Å². The topological polar surface area (TPSA) is 323 Å². The predicted octanol–water partition coefficient (Wildman–Crippen LogP) is 12.7. The zero-order chi connectivity index (χ0) is 82.8. The number of ether oxygens (including phenoxy) is 3. The van der Waals surface area contributed by atoms with Crippen LogP contribution >= 0.6 is 35.1 Å². The van der Waals surface area contributed by atoms with Crippen LogP contribution in [-0.4, -0.2) is 230 Å². The number of hydrogen-bond acceptors (Lipinski definition) is 19. The van der Waals surface area contributed by atoms with E-state index in [2.05, 4.69) is 58.6 Å². The van der Waals surface area contributed by atoms with Crippen LogP contribution in [0.3, 0.4) is 0 Å². The third kappa shape index (κ3) is 22.6. The molecule has 30 heteroatoms. The number of unbranched alkanes of at least 4 members (excludes halogenated alkanes) is 1. The number of fused-ring (bicyclic) bond motifs is 8. The Labute approximate surface area is 703 Å². The van der Waals surface area contributed by atoms with Crippen LogP contribution < -0.4 is 52.2 Å². The third-order valence-corrected chi connectivity index (χ3v) is 26.1. The number of anilines is 4. The molecule has 0 radical (unpaired) electrons. The molecule has 13 rings (SSSR count). The lowest BCUT2D eigenvalue weighted by atomic mass is 9.95. The Morgan fingerprint density at radius 1 is 0.695 bits per heavy atom. The van der Waals surface area contributed by atoms with Crippen molar-refractivity contribution in [2.75, 3.05) is 139 Å². The summed E-state index contributed by atoms with van der Waals surface area (Å²) < 4.78 is 17.9. The van der Waals surface area contributed by atoms with Crippen LogP contribution in [0.4, 0.5) is 37.1 Å². The average Bonchev–Trinajstić information content (AvgIpc) is 1.56. The lowest BCUT2D eigenvalue weighted by Gasteiger charge is -2.34. The zero-order valence-electron chi connectivity index (χ0n) is 68.1. The summed E-state index contributed by atoms with van der Waals surface area (Å²) in [5.41, 5.74) is 14.9. The van der Waals surface area contributed by atoms with Crippen molar-refractivity contribution in [1.82, 2.24) is 55.8 Å². The quantitative estimate of drug-likeness (QED) is 0.0153. The van der Waals surface area contributed by atoms with E-state index in [1.54, 1.807) is 73.6 Å². The maximum Gasteiger partial charge on any atom is 0.415 e. The number of aromatic amines is 1. The van der Waals surface area contributed by atoms with Crippen LogP contribution in [-0.2, 0) is 37.2 Å². The highest BCUT2D eigenvalue weighted by atomic mass is 35.5. The van der Waals surface area contributed by atoms with Crippen molar-refractivity contribution >= 4 is 138 Å². The SMILES string of the molecule is CC(C)[C@@H](NCCNC(=O)c1ccc2nc3c(nc2c1)CSC1CCCCCCC(C1)SC3)C(=O)N[C@H](CCCNC(N)=O)C(=O)Nc1ccc(COC(=O)N(C)C[C@H](CCCCN2CCOCC2)N(C)C(=O)Oc2cc3c(c4ccccc24)[C@H](CCl)CN3C(=O)c2cc3cc(NC(=O)c4ccc(N5CCN(C)CC5)cc4)ccc3[nH]2)cc1. The summed E-state index contributed by atoms with van der Waals surface area (Å²) in [6, 6.07) is 33.4. The van der Waals surface area contributed by atoms with Gasteiger partial charge in [-0.1, -0.05) is 82.3 Å². The molecule has 2 bridgehead atoms. The number of carbonyl (C=O) groups is 8. The van der Waals surface area contributed by atoms with E-state index >= 15 is 0 Å². The number of benzene rings is 6. The molecule has 3 fully saturated rings. The van der Waals surface area contributed by atoms with E-state index in [9.17, 15) is 38.4 Å². The molecule has 1 aliphatic carbocycles. The summed E-state index contributed by atoms with van der Waals surface area (Å²) in [5.74, 6) is -0.156. The third-order valence-electron chi connectivity index (χ3n) is 23.1. The first kappa shape index (κ1) is 86.1. The lowest BCUT2D eigenvalue weighted by Crippen LogP contribution is -2.54. The van der Waals surface area contributed by atoms with E-state index < -0.39 is 48.2 Å². The molecule has 5 aliphatic rings. The number of H-pyrrole nitrogens is 1. The van der Waals surface area contributed by atoms with Gasteiger partial charge in [-0.05, 0) is 160 Å². The Morgan fingerprint density at radius 2 is 1.40 bits per heavy atom. The molecule has 4 aliphatic heterocycles. The Hall–Kier alpha value is -9.75. The zero-order valence-corrected chi connectivity index (χ0v) is 70.5. The van der Waals surface area contributed by atoms with Crippen LogP contribution in [0.25, 0.3) is 32.7 Å². The molecule has 8 aromatic rings. The Morgan fingerprint density at radius 3 is 2.11 bits per heavy atom. The van der Waals surface area contributed by atoms with Crippen molar-refractivity contribution in [1.29, 1.82) is 0 Å². The number of carbonyl (C=O) groups excluding carboxylic acids is 8. The van der Waals surface area contributed by atoms with Crippen LogP contribution in [0.2, 0.25) is 0 Å². The molecule has 2 unspecified atom stereocenters. The summed E-state index contributed by atoms with van der Waals surface area (Å²) >= 11 is 10.8. The van der Waals surface area contributed by atoms with E-state index in [1.807, 2.05) is 104 Å². The minimum Gasteiger partial charge on any atom is -0.445 e. The molecule has 118 heavy (non-hydrogen) atoms. The largest absolute Gasteiger partial charge is 0.445 e. The fourth-order valence-electron chi connectivity index (χ4n) is 16.2. The highest BCUT2D eigenvalue weighted by Gasteiger charge is 2.38. The molecular weight excluding hydrogens is 1560 g/mol. The van der Waals surface area contributed by atoms with Gasteiger partial charge in [0.1, 0.15) is 24.1 Å². The lowest BCUT2D eigenvalue weighted by molar-refractivity contribution is -0.128. The van der Waals surface area contributed by atoms with Crippen LogP contribution in [0.5, 0.6) is 5.75 Å². The number of nitrogens with two attached hydrogens (primary N) is 1. The first-order valence-corrected chi connectivity index (χ1v) is 44.1. The van der Waals surface area contributed by atoms with Crippen LogP contribution in [0.15, 0.2) is 121 Å². The van der Waals surface area contributed by atoms with Crippen LogP contribution in [0.1, 0.15) is 151 Å². The molecule has 6 aromatic carbocycles. The maximum atomic E-state index is 14.9. The van der Waals surface area contributed by atoms with Gasteiger partial charge in [0, 0.05) is 170 Å². The van der Waals surface area contributed by atoms with E-state index in [0.717, 1.165) is 109 Å². The number of halogens is 1. The second-order valence-corrected chi connectivity index (χ2v) is 34.8. The number of piperazine rings is 1. The van der Waals surface area contributed by atoms with E-state index in [1.165, 1.54) is 54.7 Å². The van der Waals surface area contributed by atoms with Gasteiger partial charge in [0.2, 0.25) is 11.8 Å². The second kappa shape index (κ2) is 41.3. The van der Waals surface area contributed by atoms with Gasteiger partial charge in [0.15, 0.2) is 0 Å². The number of urea groups is 1. The minimum absolute atomic E-state index is 0.0908. The molecular formula is C88H111ClN16O11S2. The molecule has 9 amide bonds. The second-order valence-electron chi connectivity index (χ2n) is 31.9. The fraction of sp³-hybridized carbons (Fsp3) is 0.477. The number of morpholine rings is 1. The molecule has 628 valence electrons. The number of likely N-dealkylation sites (N-methyl/N-ethyl adjacent to an activating group) is 3. The summed E-state index contributed by atoms with van der Waals surface area (Å²) in [6.45, 7) is 12.3. The summed E-state index contributed by atoms with van der Waals surface area (Å²) in [5, 5.41) is 21.1. The first-order chi connectivity index (χ1) is 57.2. The number of alkyl halides is 1. The molecule has 6 heterocycles. The normalized spacial score (nSPS) is 18.1. The van der Waals surface area contributed by atoms with Crippen molar-refractivity contribution in [2.45, 2.75) is 144 Å². The van der Waals surface area contributed by atoms with Crippen molar-refractivity contribution in [3.8, 4) is 5.75 Å². The summed E-state index contributed by atoms with van der Waals surface area (Å²) in [4.78, 5) is 136. The molecule has 0 spiro atoms. The van der Waals surface area contributed by atoms with Gasteiger partial charge in [-0.3, -0.25) is 28.9 Å². The number of hydrogen-bond donors (Lipinski definition) is 8. The van der Waals surface area contributed by atoms with E-state index in [4.69, 9.17) is 41.5 Å². The molecule has 1 saturated carbocycles. The van der Waals surface area contributed by atoms with Gasteiger partial charge in [-0.25, -0.2) is 24.4 Å². The number of primary amides is 1. The highest BCUT2D eigenvalue weighted by molar-refractivity contribution is 8.00. The van der Waals surface area contributed by atoms with Crippen molar-refractivity contribution in [2.24, 2.45) is 11.7 Å². The minimum atomic E-state index is -1.03. The molecule has 2 aromatic heterocycles. The highest BCUT2D eigenvalue weighted by Crippen LogP contribution is 2.47. The van der Waals surface area contributed by atoms with Gasteiger partial charge in [-0.2, -0.15) is 23.5 Å². The standard InChI is InChI=1S/C88H111ClN16O11S2/c1-56(2)80(91-34-35-92-81(106)59-25-31-71-73(46-59)98-76-55-118-67-17-9-7-6-8-16-66(48-67)117-54-75(76)97-71)84(109)99-72(20-14-33-93-86(90)111)83(108)94-62-26-21-57(22-27-62)53-115-87(112)101(4)52-65(15-12-13-36-103-41-43-114-44-42-103)102(5)88(113)116-78-49-77-79(69-19-11-10-18-68(69)78)61(50-89)51-105(77)85(110)74-47-60-45-63(28-32-70(60)96-74)95-82(107)58-23-29-64(30-24-58)104-39-37-100(3)38-40-104/h10-11,18-19,21-32,45-47,49,56,61,65-67,72,80,91,96H,6-9,12-17,20,33-44,48,50-55H2,1-5H3,(H,92,106)(H,94,108)(H,95,107)(H,99,109)(H3,90,93,111)/t61-,65+,66?,67?,72-,80-/m1/s1. The van der Waals surface area contributed by atoms with Gasteiger partial charge < -0.3 is 81.3 Å². The van der Waals surface area contributed by atoms with Crippen LogP contribution in [0, 0.1) is 5.92 Å². The average molecular weight is 1670 g/mol. The predicted molar refractivity (Wildman–Crippen MR) is 468 cm³/mol. The molecule has 27 nitrogen and oxygen atoms in total. The van der Waals surface area contributed by atoms with Gasteiger partial charge >= 0.3 is 18.2 Å². The number of amides is 9. The fourth-order valence-corrected chi connectivity index (χ4v) is 19.2. The van der Waals surface area contributed by atoms with Gasteiger partial charge in [0.25, 0.3) is 17.7 Å². The Balaban J connectivity index is 0.613. The van der Waals surface area contributed by atoms with Crippen molar-refractivity contribution in [3.05, 3.63) is 161 Å². The number of aromatic nitrogens is 3. The summed E-state index contributed by atoms with van der Waals surface area (Å²) in [7, 11) is 5.39. The maximum absolute atomic E-state index is 14.9. The number of nitrogens with zero attached hydrogens (tertiary/aromatic N) is 8. The molecule has 2 saturated heterocycles. The first-order valence-electron chi connectivity index (χ1n) is 41.5. The monoisotopic (exact) mass is 1670 g/mol. The van der Waals surface area contributed by atoms with Crippen molar-refractivity contribution in [3.63, 3.8) is 0 Å². The van der Waals surface area contributed by atoms with Gasteiger partial charge in [-0.15, -0.1) is 11.6 Å². The number of nitrogens with one attached hydrogen (secondary N) is 7. The molecule has 6 atom stereocenters. The Bertz CT molecular complexity index is 4850. The molecule has 9 N–H and O–H groups in total. The summed E-state index contributed by atoms with van der Waals surface area (Å²) in [6.07, 6.45) is 10.1. The van der Waals surface area contributed by atoms with Crippen molar-refractivity contribution < 1.29 is 52.6 Å². The van der Waals surface area contributed by atoms with E-state index in [-0.39, 0.29) is 86.9 Å². The Kier molecular flexibility index (Phi) is 30.1. The number of thioether (sulfide) groups is 2. The smallest absolute Gasteiger partial charge is 0.415 e. The van der Waals surface area contributed by atoms with E-state index in [0.29, 0.717) is 92.4 Å². The number of rotatable bonds is 30.